The molecule has 2 aromatic rings. The van der Waals surface area contributed by atoms with Crippen LogP contribution in [0, 0.1) is 24.5 Å². The molecule has 0 unspecified atom stereocenters. The molecule has 0 fully saturated rings. The van der Waals surface area contributed by atoms with E-state index in [4.69, 9.17) is 0 Å². The molecule has 8 nitrogen and oxygen atoms in total. The molecule has 0 aliphatic heterocycles. The molecule has 0 heterocycles. The fourth-order valence-corrected chi connectivity index (χ4v) is 4.54. The first-order valence-electron chi connectivity index (χ1n) is 14.1. The molecular weight excluding hydrogens is 532 g/mol. The zero-order chi connectivity index (χ0) is 30.7. The summed E-state index contributed by atoms with van der Waals surface area (Å²) in [6.45, 7) is 11.0. The van der Waals surface area contributed by atoms with Gasteiger partial charge in [0.05, 0.1) is 18.6 Å². The minimum Gasteiger partial charge on any atom is -0.390 e. The van der Waals surface area contributed by atoms with Crippen molar-refractivity contribution in [2.75, 3.05) is 19.6 Å². The Bertz CT molecular complexity index is 1160. The lowest BCUT2D eigenvalue weighted by Crippen LogP contribution is -2.51. The number of aliphatic hydroxyl groups excluding tert-OH is 2. The van der Waals surface area contributed by atoms with Crippen LogP contribution >= 0.6 is 0 Å². The van der Waals surface area contributed by atoms with Gasteiger partial charge in [-0.1, -0.05) is 27.7 Å². The van der Waals surface area contributed by atoms with Crippen molar-refractivity contribution in [3.63, 3.8) is 0 Å². The molecule has 0 aliphatic carbocycles. The number of halogens is 2. The Balaban J connectivity index is 2.34. The maximum absolute atomic E-state index is 13.9. The Morgan fingerprint density at radius 2 is 1.49 bits per heavy atom. The molecule has 3 amide bonds. The molecular formula is C31H43F2N3O5. The zero-order valence-electron chi connectivity index (χ0n) is 24.5. The highest BCUT2D eigenvalue weighted by atomic mass is 19.1. The summed E-state index contributed by atoms with van der Waals surface area (Å²) in [5.74, 6) is -2.84. The number of nitrogens with zero attached hydrogens (tertiary/aromatic N) is 1. The lowest BCUT2D eigenvalue weighted by molar-refractivity contribution is -0.125. The normalized spacial score (nSPS) is 13.4. The van der Waals surface area contributed by atoms with E-state index in [2.05, 4.69) is 10.6 Å². The summed E-state index contributed by atoms with van der Waals surface area (Å²) in [7, 11) is 0. The van der Waals surface area contributed by atoms with Gasteiger partial charge in [0.2, 0.25) is 5.91 Å². The van der Waals surface area contributed by atoms with Crippen LogP contribution in [0.25, 0.3) is 0 Å². The predicted molar refractivity (Wildman–Crippen MR) is 153 cm³/mol. The number of benzene rings is 2. The van der Waals surface area contributed by atoms with E-state index in [1.807, 2.05) is 27.7 Å². The van der Waals surface area contributed by atoms with Crippen LogP contribution < -0.4 is 10.6 Å². The van der Waals surface area contributed by atoms with Crippen molar-refractivity contribution in [1.82, 2.24) is 15.5 Å². The number of carbonyl (C=O) groups excluding carboxylic acids is 3. The van der Waals surface area contributed by atoms with Gasteiger partial charge < -0.3 is 25.7 Å². The summed E-state index contributed by atoms with van der Waals surface area (Å²) >= 11 is 0. The molecule has 41 heavy (non-hydrogen) atoms. The molecule has 0 aromatic heterocycles. The highest BCUT2D eigenvalue weighted by Gasteiger charge is 2.30. The molecule has 0 aliphatic rings. The first-order valence-corrected chi connectivity index (χ1v) is 14.1. The van der Waals surface area contributed by atoms with Gasteiger partial charge in [-0.25, -0.2) is 8.78 Å². The third-order valence-electron chi connectivity index (χ3n) is 6.46. The number of aliphatic hydroxyl groups is 2. The molecule has 10 heteroatoms. The molecule has 0 radical (unpaired) electrons. The summed E-state index contributed by atoms with van der Waals surface area (Å²) in [5.41, 5.74) is 1.29. The summed E-state index contributed by atoms with van der Waals surface area (Å²) in [6.07, 6.45) is -2.33. The first kappa shape index (κ1) is 33.8. The van der Waals surface area contributed by atoms with Crippen LogP contribution in [0.2, 0.25) is 0 Å². The largest absolute Gasteiger partial charge is 0.390 e. The minimum absolute atomic E-state index is 0.137. The molecule has 0 saturated carbocycles. The van der Waals surface area contributed by atoms with Crippen LogP contribution in [0.4, 0.5) is 8.78 Å². The molecule has 2 rings (SSSR count). The number of carbonyl (C=O) groups is 3. The summed E-state index contributed by atoms with van der Waals surface area (Å²) in [5, 5.41) is 27.0. The predicted octanol–water partition coefficient (Wildman–Crippen LogP) is 3.76. The zero-order valence-corrected chi connectivity index (χ0v) is 24.5. The minimum atomic E-state index is -1.65. The first-order chi connectivity index (χ1) is 19.3. The Morgan fingerprint density at radius 1 is 0.902 bits per heavy atom. The third-order valence-corrected chi connectivity index (χ3v) is 6.46. The lowest BCUT2D eigenvalue weighted by Gasteiger charge is -2.28. The van der Waals surface area contributed by atoms with E-state index in [0.29, 0.717) is 36.8 Å². The Labute approximate surface area is 241 Å². The van der Waals surface area contributed by atoms with E-state index in [9.17, 15) is 33.4 Å². The Hall–Kier alpha value is -3.37. The average Bonchev–Trinajstić information content (AvgIpc) is 2.89. The van der Waals surface area contributed by atoms with Gasteiger partial charge in [0.25, 0.3) is 11.8 Å². The second kappa shape index (κ2) is 16.2. The molecule has 226 valence electrons. The molecule has 4 N–H and O–H groups in total. The van der Waals surface area contributed by atoms with E-state index < -0.39 is 48.1 Å². The van der Waals surface area contributed by atoms with Crippen molar-refractivity contribution in [3.8, 4) is 0 Å². The molecule has 2 aromatic carbocycles. The Morgan fingerprint density at radius 3 is 2.05 bits per heavy atom. The molecule has 0 saturated heterocycles. The van der Waals surface area contributed by atoms with Crippen molar-refractivity contribution in [3.05, 3.63) is 70.3 Å². The molecule has 3 atom stereocenters. The smallest absolute Gasteiger partial charge is 0.253 e. The van der Waals surface area contributed by atoms with E-state index >= 15 is 0 Å². The molecule has 0 bridgehead atoms. The van der Waals surface area contributed by atoms with Crippen LogP contribution in [0.15, 0.2) is 36.4 Å². The summed E-state index contributed by atoms with van der Waals surface area (Å²) < 4.78 is 27.8. The number of aryl methyl sites for hydroxylation is 1. The van der Waals surface area contributed by atoms with Crippen LogP contribution in [0.3, 0.4) is 0 Å². The maximum atomic E-state index is 13.9. The van der Waals surface area contributed by atoms with Crippen molar-refractivity contribution >= 4 is 17.7 Å². The summed E-state index contributed by atoms with van der Waals surface area (Å²) in [6, 6.07) is 6.35. The van der Waals surface area contributed by atoms with Crippen LogP contribution in [0.1, 0.15) is 78.8 Å². The maximum Gasteiger partial charge on any atom is 0.253 e. The average molecular weight is 576 g/mol. The second-order valence-electron chi connectivity index (χ2n) is 10.9. The Kier molecular flexibility index (Phi) is 13.3. The fourth-order valence-electron chi connectivity index (χ4n) is 4.54. The van der Waals surface area contributed by atoms with Crippen molar-refractivity contribution in [1.29, 1.82) is 0 Å². The number of hydrogen-bond acceptors (Lipinski definition) is 5. The van der Waals surface area contributed by atoms with Gasteiger partial charge >= 0.3 is 0 Å². The fraction of sp³-hybridized carbons (Fsp3) is 0.516. The van der Waals surface area contributed by atoms with E-state index in [-0.39, 0.29) is 29.4 Å². The lowest BCUT2D eigenvalue weighted by atomic mass is 9.95. The monoisotopic (exact) mass is 575 g/mol. The third kappa shape index (κ3) is 10.8. The van der Waals surface area contributed by atoms with E-state index in [1.165, 1.54) is 6.07 Å². The van der Waals surface area contributed by atoms with Crippen molar-refractivity contribution in [2.45, 2.75) is 78.6 Å². The van der Waals surface area contributed by atoms with Crippen LogP contribution in [0.5, 0.6) is 0 Å². The number of rotatable bonds is 15. The summed E-state index contributed by atoms with van der Waals surface area (Å²) in [4.78, 5) is 40.6. The van der Waals surface area contributed by atoms with Crippen molar-refractivity contribution < 1.29 is 33.4 Å². The van der Waals surface area contributed by atoms with Gasteiger partial charge in [-0.3, -0.25) is 14.4 Å². The van der Waals surface area contributed by atoms with Gasteiger partial charge in [-0.15, -0.1) is 0 Å². The van der Waals surface area contributed by atoms with Gasteiger partial charge in [0.15, 0.2) is 0 Å². The highest BCUT2D eigenvalue weighted by molar-refractivity contribution is 6.00. The van der Waals surface area contributed by atoms with Crippen LogP contribution in [-0.4, -0.2) is 70.7 Å². The SMILES string of the molecule is CCCN(CCC)C(=O)c1cc(C)cc(C(=O)N[C@@H](Cc2cc(F)cc(F)c2)[C@@H](O)[C@H](O)CC(=O)NCC(C)C)c1. The number of amides is 3. The highest BCUT2D eigenvalue weighted by Crippen LogP contribution is 2.17. The quantitative estimate of drug-likeness (QED) is 0.258. The number of nitrogens with one attached hydrogen (secondary N) is 2. The van der Waals surface area contributed by atoms with E-state index in [1.54, 1.807) is 24.0 Å². The molecule has 0 spiro atoms. The second-order valence-corrected chi connectivity index (χ2v) is 10.9. The van der Waals surface area contributed by atoms with Gasteiger partial charge in [0, 0.05) is 36.8 Å². The number of hydrogen-bond donors (Lipinski definition) is 4. The van der Waals surface area contributed by atoms with Gasteiger partial charge in [-0.05, 0) is 73.6 Å². The van der Waals surface area contributed by atoms with Gasteiger partial charge in [0.1, 0.15) is 17.7 Å². The standard InChI is InChI=1S/C31H43F2N3O5/c1-6-8-36(9-7-2)31(41)23-11-20(5)10-22(15-23)30(40)35-26(14-21-12-24(32)16-25(33)13-21)29(39)27(37)17-28(38)34-18-19(3)4/h10-13,15-16,19,26-27,29,37,39H,6-9,14,17-18H2,1-5H3,(H,34,38)(H,35,40)/t26-,27+,29+/m0/s1. The van der Waals surface area contributed by atoms with Crippen molar-refractivity contribution in [2.24, 2.45) is 5.92 Å². The topological polar surface area (TPSA) is 119 Å². The van der Waals surface area contributed by atoms with Gasteiger partial charge in [-0.2, -0.15) is 0 Å². The van der Waals surface area contributed by atoms with Crippen LogP contribution in [-0.2, 0) is 11.2 Å². The van der Waals surface area contributed by atoms with E-state index in [0.717, 1.165) is 25.0 Å².